The molecule has 0 amide bonds. The molecule has 0 aromatic carbocycles. The van der Waals surface area contributed by atoms with Gasteiger partial charge in [0.05, 0.1) is 19.3 Å². The van der Waals surface area contributed by atoms with Gasteiger partial charge in [0.1, 0.15) is 0 Å². The number of carbonyl (C=O) groups is 1. The van der Waals surface area contributed by atoms with Crippen molar-refractivity contribution in [2.24, 2.45) is 0 Å². The Bertz CT molecular complexity index is 305. The van der Waals surface area contributed by atoms with Gasteiger partial charge < -0.3 is 14.2 Å². The van der Waals surface area contributed by atoms with Crippen LogP contribution in [-0.4, -0.2) is 42.1 Å². The summed E-state index contributed by atoms with van der Waals surface area (Å²) in [6, 6.07) is 0. The zero-order valence-corrected chi connectivity index (χ0v) is 12.1. The van der Waals surface area contributed by atoms with Crippen molar-refractivity contribution in [3.8, 4) is 0 Å². The molecule has 104 valence electrons. The monoisotopic (exact) mass is 274 g/mol. The molecule has 0 saturated carbocycles. The molecule has 2 rings (SSSR count). The summed E-state index contributed by atoms with van der Waals surface area (Å²) in [5.74, 6) is 0.476. The predicted molar refractivity (Wildman–Crippen MR) is 70.6 cm³/mol. The van der Waals surface area contributed by atoms with Gasteiger partial charge in [0, 0.05) is 17.4 Å². The van der Waals surface area contributed by atoms with E-state index in [4.69, 9.17) is 9.47 Å². The van der Waals surface area contributed by atoms with E-state index < -0.39 is 5.79 Å². The number of esters is 1. The van der Waals surface area contributed by atoms with Crippen molar-refractivity contribution in [3.05, 3.63) is 0 Å². The molecule has 0 aromatic heterocycles. The molecule has 5 heteroatoms. The molecule has 18 heavy (non-hydrogen) atoms. The quantitative estimate of drug-likeness (QED) is 0.569. The average Bonchev–Trinajstić information content (AvgIpc) is 2.80. The van der Waals surface area contributed by atoms with Crippen LogP contribution in [0.4, 0.5) is 0 Å². The summed E-state index contributed by atoms with van der Waals surface area (Å²) < 4.78 is 16.4. The summed E-state index contributed by atoms with van der Waals surface area (Å²) in [5.41, 5.74) is 0. The van der Waals surface area contributed by atoms with Crippen LogP contribution < -0.4 is 0 Å². The van der Waals surface area contributed by atoms with Crippen LogP contribution in [0.2, 0.25) is 0 Å². The largest absolute Gasteiger partial charge is 0.469 e. The molecule has 0 spiro atoms. The van der Waals surface area contributed by atoms with Gasteiger partial charge in [0.2, 0.25) is 0 Å². The molecule has 0 aliphatic carbocycles. The van der Waals surface area contributed by atoms with E-state index in [1.54, 1.807) is 0 Å². The first-order valence-electron chi connectivity index (χ1n) is 6.56. The second-order valence-corrected chi connectivity index (χ2v) is 6.60. The molecule has 2 aliphatic heterocycles. The van der Waals surface area contributed by atoms with Crippen LogP contribution in [0.15, 0.2) is 0 Å². The zero-order chi connectivity index (χ0) is 13.2. The lowest BCUT2D eigenvalue weighted by molar-refractivity contribution is -0.145. The Morgan fingerprint density at radius 2 is 2.17 bits per heavy atom. The Kier molecular flexibility index (Phi) is 4.56. The summed E-state index contributed by atoms with van der Waals surface area (Å²) >= 11 is 1.93. The maximum atomic E-state index is 11.0. The summed E-state index contributed by atoms with van der Waals surface area (Å²) in [5, 5.41) is 0.509. The predicted octanol–water partition coefficient (Wildman–Crippen LogP) is 2.36. The number of carbonyl (C=O) groups excluding carboxylic acids is 1. The van der Waals surface area contributed by atoms with E-state index in [0.717, 1.165) is 25.0 Å². The van der Waals surface area contributed by atoms with Gasteiger partial charge in [-0.05, 0) is 26.7 Å². The van der Waals surface area contributed by atoms with Crippen molar-refractivity contribution >= 4 is 17.7 Å². The SMILES string of the molecule is COC(=O)CCCC[C@@H]1SC[C@H]2OC(C)(C)O[C@@H]12. The minimum atomic E-state index is -0.430. The van der Waals surface area contributed by atoms with E-state index in [1.807, 2.05) is 25.6 Å². The lowest BCUT2D eigenvalue weighted by atomic mass is 10.1. The molecule has 2 aliphatic rings. The van der Waals surface area contributed by atoms with Crippen molar-refractivity contribution in [3.63, 3.8) is 0 Å². The Labute approximate surface area is 113 Å². The number of fused-ring (bicyclic) bond motifs is 1. The third-order valence-electron chi connectivity index (χ3n) is 3.41. The summed E-state index contributed by atoms with van der Waals surface area (Å²) in [6.45, 7) is 3.95. The number of rotatable bonds is 5. The van der Waals surface area contributed by atoms with Gasteiger partial charge in [-0.25, -0.2) is 0 Å². The highest BCUT2D eigenvalue weighted by atomic mass is 32.2. The maximum absolute atomic E-state index is 11.0. The van der Waals surface area contributed by atoms with Crippen LogP contribution in [0, 0.1) is 0 Å². The number of thioether (sulfide) groups is 1. The smallest absolute Gasteiger partial charge is 0.305 e. The van der Waals surface area contributed by atoms with Crippen LogP contribution >= 0.6 is 11.8 Å². The fourth-order valence-corrected chi connectivity index (χ4v) is 4.03. The molecule has 4 nitrogen and oxygen atoms in total. The minimum absolute atomic E-state index is 0.117. The van der Waals surface area contributed by atoms with Crippen LogP contribution in [0.25, 0.3) is 0 Å². The molecule has 2 saturated heterocycles. The van der Waals surface area contributed by atoms with E-state index in [0.29, 0.717) is 11.7 Å². The van der Waals surface area contributed by atoms with E-state index in [2.05, 4.69) is 4.74 Å². The summed E-state index contributed by atoms with van der Waals surface area (Å²) in [7, 11) is 1.44. The maximum Gasteiger partial charge on any atom is 0.305 e. The second-order valence-electron chi connectivity index (χ2n) is 5.33. The van der Waals surface area contributed by atoms with Crippen LogP contribution in [-0.2, 0) is 19.0 Å². The Morgan fingerprint density at radius 1 is 1.39 bits per heavy atom. The number of methoxy groups -OCH3 is 1. The van der Waals surface area contributed by atoms with Crippen molar-refractivity contribution in [1.82, 2.24) is 0 Å². The zero-order valence-electron chi connectivity index (χ0n) is 11.3. The van der Waals surface area contributed by atoms with Crippen LogP contribution in [0.1, 0.15) is 39.5 Å². The minimum Gasteiger partial charge on any atom is -0.469 e. The van der Waals surface area contributed by atoms with Crippen LogP contribution in [0.5, 0.6) is 0 Å². The fourth-order valence-electron chi connectivity index (χ4n) is 2.58. The molecule has 0 aromatic rings. The first-order chi connectivity index (χ1) is 8.52. The third-order valence-corrected chi connectivity index (χ3v) is 4.86. The van der Waals surface area contributed by atoms with E-state index in [1.165, 1.54) is 7.11 Å². The fraction of sp³-hybridized carbons (Fsp3) is 0.923. The van der Waals surface area contributed by atoms with Crippen molar-refractivity contribution in [2.75, 3.05) is 12.9 Å². The molecule has 3 atom stereocenters. The average molecular weight is 274 g/mol. The van der Waals surface area contributed by atoms with Gasteiger partial charge in [0.25, 0.3) is 0 Å². The van der Waals surface area contributed by atoms with Gasteiger partial charge in [-0.3, -0.25) is 4.79 Å². The first-order valence-corrected chi connectivity index (χ1v) is 7.61. The topological polar surface area (TPSA) is 44.8 Å². The van der Waals surface area contributed by atoms with E-state index >= 15 is 0 Å². The lowest BCUT2D eigenvalue weighted by Crippen LogP contribution is -2.27. The Balaban J connectivity index is 1.70. The molecule has 0 unspecified atom stereocenters. The van der Waals surface area contributed by atoms with Gasteiger partial charge in [-0.1, -0.05) is 6.42 Å². The molecule has 0 radical (unpaired) electrons. The van der Waals surface area contributed by atoms with Gasteiger partial charge in [-0.15, -0.1) is 0 Å². The number of ether oxygens (including phenoxy) is 3. The molecular formula is C13H22O4S. The molecule has 0 N–H and O–H groups in total. The molecule has 2 fully saturated rings. The van der Waals surface area contributed by atoms with E-state index in [9.17, 15) is 4.79 Å². The van der Waals surface area contributed by atoms with Crippen molar-refractivity contribution < 1.29 is 19.0 Å². The first kappa shape index (κ1) is 14.2. The standard InChI is InChI=1S/C13H22O4S/c1-13(2)16-9-8-18-10(12(9)17-13)6-4-5-7-11(14)15-3/h9-10,12H,4-8H2,1-3H3/t9-,10+,12-/m1/s1. The number of unbranched alkanes of at least 4 members (excludes halogenated alkanes) is 1. The van der Waals surface area contributed by atoms with Crippen molar-refractivity contribution in [1.29, 1.82) is 0 Å². The lowest BCUT2D eigenvalue weighted by Gasteiger charge is -2.21. The summed E-state index contributed by atoms with van der Waals surface area (Å²) in [6.07, 6.45) is 4.01. The number of hydrogen-bond donors (Lipinski definition) is 0. The second kappa shape index (κ2) is 5.80. The van der Waals surface area contributed by atoms with Crippen molar-refractivity contribution in [2.45, 2.75) is 62.8 Å². The highest BCUT2D eigenvalue weighted by Gasteiger charge is 2.48. The normalized spacial score (nSPS) is 33.4. The van der Waals surface area contributed by atoms with Crippen LogP contribution in [0.3, 0.4) is 0 Å². The molecule has 2 heterocycles. The Morgan fingerprint density at radius 3 is 2.89 bits per heavy atom. The molecule has 0 bridgehead atoms. The highest BCUT2D eigenvalue weighted by Crippen LogP contribution is 2.42. The summed E-state index contributed by atoms with van der Waals surface area (Å²) in [4.78, 5) is 11.0. The Hall–Kier alpha value is -0.260. The number of hydrogen-bond acceptors (Lipinski definition) is 5. The van der Waals surface area contributed by atoms with Gasteiger partial charge in [-0.2, -0.15) is 11.8 Å². The van der Waals surface area contributed by atoms with E-state index in [-0.39, 0.29) is 18.2 Å². The van der Waals surface area contributed by atoms with Gasteiger partial charge in [0.15, 0.2) is 5.79 Å². The third kappa shape index (κ3) is 3.39. The van der Waals surface area contributed by atoms with Gasteiger partial charge >= 0.3 is 5.97 Å². The molecular weight excluding hydrogens is 252 g/mol. The highest BCUT2D eigenvalue weighted by molar-refractivity contribution is 8.00.